The molecule has 116 valence electrons. The summed E-state index contributed by atoms with van der Waals surface area (Å²) in [4.78, 5) is 6.68. The number of likely N-dealkylation sites (N-methyl/N-ethyl adjacent to an activating group) is 1. The van der Waals surface area contributed by atoms with Gasteiger partial charge < -0.3 is 15.4 Å². The van der Waals surface area contributed by atoms with Crippen LogP contribution in [0.3, 0.4) is 0 Å². The maximum absolute atomic E-state index is 5.87. The Labute approximate surface area is 131 Å². The molecule has 2 aromatic rings. The van der Waals surface area contributed by atoms with Crippen LogP contribution >= 0.6 is 0 Å². The third-order valence-electron chi connectivity index (χ3n) is 4.13. The first-order chi connectivity index (χ1) is 10.7. The average Bonchev–Trinajstić information content (AvgIpc) is 2.82. The fourth-order valence-corrected chi connectivity index (χ4v) is 3.05. The van der Waals surface area contributed by atoms with Gasteiger partial charge in [0.2, 0.25) is 0 Å². The van der Waals surface area contributed by atoms with Gasteiger partial charge in [0.15, 0.2) is 0 Å². The molecule has 0 saturated carbocycles. The first kappa shape index (κ1) is 15.0. The van der Waals surface area contributed by atoms with Gasteiger partial charge in [-0.25, -0.2) is 0 Å². The Bertz CT molecular complexity index is 655. The number of fused-ring (bicyclic) bond motifs is 3. The lowest BCUT2D eigenvalue weighted by Gasteiger charge is -2.14. The van der Waals surface area contributed by atoms with Gasteiger partial charge in [0.1, 0.15) is 12.4 Å². The van der Waals surface area contributed by atoms with E-state index in [2.05, 4.69) is 28.1 Å². The number of hydrogen-bond acceptors (Lipinski definition) is 4. The molecule has 1 aromatic heterocycles. The van der Waals surface area contributed by atoms with Gasteiger partial charge in [0.05, 0.1) is 5.69 Å². The summed E-state index contributed by atoms with van der Waals surface area (Å²) in [5.74, 6) is 1.26. The van der Waals surface area contributed by atoms with Crippen LogP contribution in [0.15, 0.2) is 36.5 Å². The standard InChI is InChI=1S/C18H23N3O/c1-21(2)10-11-22-13-5-6-16-17(12-13)14(7-8-19)15-4-3-9-20-18(15)16/h3-6,9,12,14H,7-8,10-11,19H2,1-2H3. The van der Waals surface area contributed by atoms with Crippen molar-refractivity contribution in [3.05, 3.63) is 47.7 Å². The second kappa shape index (κ2) is 6.46. The Morgan fingerprint density at radius 2 is 2.09 bits per heavy atom. The fraction of sp³-hybridized carbons (Fsp3) is 0.389. The molecule has 1 aromatic carbocycles. The third kappa shape index (κ3) is 2.85. The largest absolute Gasteiger partial charge is 0.492 e. The van der Waals surface area contributed by atoms with Crippen molar-refractivity contribution in [1.29, 1.82) is 0 Å². The number of nitrogens with zero attached hydrogens (tertiary/aromatic N) is 2. The van der Waals surface area contributed by atoms with Crippen molar-refractivity contribution in [2.24, 2.45) is 5.73 Å². The fourth-order valence-electron chi connectivity index (χ4n) is 3.05. The molecule has 1 heterocycles. The van der Waals surface area contributed by atoms with Gasteiger partial charge in [0, 0.05) is 24.2 Å². The number of ether oxygens (including phenoxy) is 1. The smallest absolute Gasteiger partial charge is 0.119 e. The van der Waals surface area contributed by atoms with E-state index >= 15 is 0 Å². The summed E-state index contributed by atoms with van der Waals surface area (Å²) in [6.07, 6.45) is 2.79. The topological polar surface area (TPSA) is 51.4 Å². The van der Waals surface area contributed by atoms with Crippen LogP contribution in [0.25, 0.3) is 11.3 Å². The molecule has 0 radical (unpaired) electrons. The van der Waals surface area contributed by atoms with Gasteiger partial charge >= 0.3 is 0 Å². The first-order valence-corrected chi connectivity index (χ1v) is 7.77. The molecule has 0 amide bonds. The molecule has 1 aliphatic rings. The number of rotatable bonds is 6. The summed E-state index contributed by atoms with van der Waals surface area (Å²) in [5.41, 5.74) is 10.7. The predicted molar refractivity (Wildman–Crippen MR) is 89.2 cm³/mol. The molecular weight excluding hydrogens is 274 g/mol. The molecule has 0 fully saturated rings. The number of nitrogens with two attached hydrogens (primary N) is 1. The van der Waals surface area contributed by atoms with E-state index in [4.69, 9.17) is 10.5 Å². The highest BCUT2D eigenvalue weighted by Gasteiger charge is 2.29. The van der Waals surface area contributed by atoms with E-state index in [1.54, 1.807) is 0 Å². The molecule has 3 rings (SSSR count). The maximum Gasteiger partial charge on any atom is 0.119 e. The lowest BCUT2D eigenvalue weighted by atomic mass is 9.94. The minimum absolute atomic E-state index is 0.334. The zero-order chi connectivity index (χ0) is 15.5. The van der Waals surface area contributed by atoms with Gasteiger partial charge in [-0.15, -0.1) is 0 Å². The van der Waals surface area contributed by atoms with E-state index in [0.717, 1.165) is 24.4 Å². The average molecular weight is 297 g/mol. The Hall–Kier alpha value is -1.91. The Balaban J connectivity index is 1.88. The lowest BCUT2D eigenvalue weighted by molar-refractivity contribution is 0.261. The van der Waals surface area contributed by atoms with Crippen LogP contribution in [0.2, 0.25) is 0 Å². The molecule has 1 aliphatic carbocycles. The lowest BCUT2D eigenvalue weighted by Crippen LogP contribution is -2.19. The minimum atomic E-state index is 0.334. The summed E-state index contributed by atoms with van der Waals surface area (Å²) in [5, 5.41) is 0. The zero-order valence-corrected chi connectivity index (χ0v) is 13.2. The maximum atomic E-state index is 5.87. The second-order valence-corrected chi connectivity index (χ2v) is 5.97. The Morgan fingerprint density at radius 3 is 2.86 bits per heavy atom. The number of benzene rings is 1. The predicted octanol–water partition coefficient (Wildman–Crippen LogP) is 2.48. The van der Waals surface area contributed by atoms with E-state index in [0.29, 0.717) is 19.1 Å². The van der Waals surface area contributed by atoms with Crippen molar-refractivity contribution in [3.8, 4) is 17.0 Å². The van der Waals surface area contributed by atoms with Crippen LogP contribution in [0, 0.1) is 0 Å². The van der Waals surface area contributed by atoms with E-state index < -0.39 is 0 Å². The minimum Gasteiger partial charge on any atom is -0.492 e. The molecule has 1 atom stereocenters. The summed E-state index contributed by atoms with van der Waals surface area (Å²) >= 11 is 0. The van der Waals surface area contributed by atoms with E-state index in [9.17, 15) is 0 Å². The molecule has 4 heteroatoms. The molecule has 4 nitrogen and oxygen atoms in total. The molecule has 22 heavy (non-hydrogen) atoms. The molecule has 0 spiro atoms. The number of hydrogen-bond donors (Lipinski definition) is 1. The van der Waals surface area contributed by atoms with Crippen molar-refractivity contribution in [3.63, 3.8) is 0 Å². The summed E-state index contributed by atoms with van der Waals surface area (Å²) in [6.45, 7) is 2.27. The van der Waals surface area contributed by atoms with Crippen molar-refractivity contribution in [2.45, 2.75) is 12.3 Å². The zero-order valence-electron chi connectivity index (χ0n) is 13.2. The van der Waals surface area contributed by atoms with Crippen molar-refractivity contribution in [2.75, 3.05) is 33.8 Å². The molecule has 0 bridgehead atoms. The molecule has 1 unspecified atom stereocenters. The van der Waals surface area contributed by atoms with Crippen LogP contribution in [-0.4, -0.2) is 43.7 Å². The van der Waals surface area contributed by atoms with Gasteiger partial charge in [-0.05, 0) is 62.5 Å². The molecule has 2 N–H and O–H groups in total. The van der Waals surface area contributed by atoms with Gasteiger partial charge in [-0.1, -0.05) is 6.07 Å². The van der Waals surface area contributed by atoms with Crippen molar-refractivity contribution >= 4 is 0 Å². The van der Waals surface area contributed by atoms with E-state index in [-0.39, 0.29) is 0 Å². The first-order valence-electron chi connectivity index (χ1n) is 7.77. The van der Waals surface area contributed by atoms with Gasteiger partial charge in [-0.3, -0.25) is 4.98 Å². The SMILES string of the molecule is CN(C)CCOc1ccc2c(c1)C(CCN)c1cccnc1-2. The van der Waals surface area contributed by atoms with Gasteiger partial charge in [-0.2, -0.15) is 0 Å². The van der Waals surface area contributed by atoms with E-state index in [1.807, 2.05) is 32.4 Å². The summed E-state index contributed by atoms with van der Waals surface area (Å²) < 4.78 is 5.87. The Morgan fingerprint density at radius 1 is 1.23 bits per heavy atom. The van der Waals surface area contributed by atoms with Crippen LogP contribution in [0.1, 0.15) is 23.5 Å². The highest BCUT2D eigenvalue weighted by Crippen LogP contribution is 2.46. The molecular formula is C18H23N3O. The Kier molecular flexibility index (Phi) is 4.41. The second-order valence-electron chi connectivity index (χ2n) is 5.97. The van der Waals surface area contributed by atoms with E-state index in [1.165, 1.54) is 16.7 Å². The van der Waals surface area contributed by atoms with Crippen LogP contribution in [-0.2, 0) is 0 Å². The number of aromatic nitrogens is 1. The van der Waals surface area contributed by atoms with Gasteiger partial charge in [0.25, 0.3) is 0 Å². The summed E-state index contributed by atoms with van der Waals surface area (Å²) in [6, 6.07) is 10.5. The molecule has 0 saturated heterocycles. The van der Waals surface area contributed by atoms with Crippen molar-refractivity contribution < 1.29 is 4.74 Å². The van der Waals surface area contributed by atoms with Crippen LogP contribution in [0.5, 0.6) is 5.75 Å². The van der Waals surface area contributed by atoms with Crippen LogP contribution < -0.4 is 10.5 Å². The normalized spacial score (nSPS) is 15.7. The summed E-state index contributed by atoms with van der Waals surface area (Å²) in [7, 11) is 4.09. The monoisotopic (exact) mass is 297 g/mol. The van der Waals surface area contributed by atoms with Crippen molar-refractivity contribution in [1.82, 2.24) is 9.88 Å². The van der Waals surface area contributed by atoms with Crippen LogP contribution in [0.4, 0.5) is 0 Å². The number of pyridine rings is 1. The highest BCUT2D eigenvalue weighted by atomic mass is 16.5. The molecule has 0 aliphatic heterocycles. The highest BCUT2D eigenvalue weighted by molar-refractivity contribution is 5.76. The third-order valence-corrected chi connectivity index (χ3v) is 4.13. The quantitative estimate of drug-likeness (QED) is 0.890.